The predicted octanol–water partition coefficient (Wildman–Crippen LogP) is 2.98. The molecule has 110 valence electrons. The van der Waals surface area contributed by atoms with Gasteiger partial charge in [0.2, 0.25) is 3.79 Å². The van der Waals surface area contributed by atoms with Gasteiger partial charge in [-0.1, -0.05) is 53.9 Å². The second-order valence-corrected chi connectivity index (χ2v) is 5.92. The maximum Gasteiger partial charge on any atom is 0.408 e. The third kappa shape index (κ3) is 9.87. The van der Waals surface area contributed by atoms with E-state index >= 15 is 0 Å². The van der Waals surface area contributed by atoms with Crippen LogP contribution >= 0.6 is 34.8 Å². The van der Waals surface area contributed by atoms with E-state index in [0.29, 0.717) is 6.42 Å². The van der Waals surface area contributed by atoms with Crippen molar-refractivity contribution < 1.29 is 19.1 Å². The zero-order valence-electron chi connectivity index (χ0n) is 10.6. The zero-order valence-corrected chi connectivity index (χ0v) is 12.9. The molecule has 0 aliphatic rings. The molecule has 0 rings (SSSR count). The van der Waals surface area contributed by atoms with E-state index in [2.05, 4.69) is 10.1 Å². The van der Waals surface area contributed by atoms with E-state index in [1.54, 1.807) is 13.0 Å². The fourth-order valence-corrected chi connectivity index (χ4v) is 1.17. The molecule has 0 aliphatic heterocycles. The van der Waals surface area contributed by atoms with Crippen LogP contribution in [0.15, 0.2) is 12.2 Å². The van der Waals surface area contributed by atoms with Crippen molar-refractivity contribution in [1.82, 2.24) is 5.32 Å². The van der Waals surface area contributed by atoms with Gasteiger partial charge in [0.25, 0.3) is 0 Å². The number of nitrogens with one attached hydrogen (secondary N) is 1. The van der Waals surface area contributed by atoms with Gasteiger partial charge in [0.05, 0.1) is 6.61 Å². The van der Waals surface area contributed by atoms with Crippen LogP contribution in [-0.4, -0.2) is 35.1 Å². The van der Waals surface area contributed by atoms with Gasteiger partial charge in [-0.25, -0.2) is 9.59 Å². The molecule has 0 radical (unpaired) electrons. The van der Waals surface area contributed by atoms with Crippen LogP contribution in [0.3, 0.4) is 0 Å². The molecule has 0 spiro atoms. The minimum absolute atomic E-state index is 0.209. The van der Waals surface area contributed by atoms with Crippen LogP contribution in [0.5, 0.6) is 0 Å². The van der Waals surface area contributed by atoms with Crippen molar-refractivity contribution >= 4 is 46.9 Å². The van der Waals surface area contributed by atoms with Crippen molar-refractivity contribution in [2.75, 3.05) is 13.2 Å². The normalized spacial score (nSPS) is 13.1. The highest BCUT2D eigenvalue weighted by Gasteiger charge is 2.24. The number of carbonyl (C=O) groups is 2. The number of carbonyl (C=O) groups excluding carboxylic acids is 2. The van der Waals surface area contributed by atoms with Gasteiger partial charge in [0.1, 0.15) is 12.6 Å². The van der Waals surface area contributed by atoms with E-state index in [4.69, 9.17) is 39.5 Å². The molecule has 1 atom stereocenters. The van der Waals surface area contributed by atoms with Crippen LogP contribution in [0, 0.1) is 0 Å². The lowest BCUT2D eigenvalue weighted by atomic mass is 10.2. The average Bonchev–Trinajstić information content (AvgIpc) is 2.31. The van der Waals surface area contributed by atoms with E-state index in [1.165, 1.54) is 6.08 Å². The molecule has 5 nitrogen and oxygen atoms in total. The van der Waals surface area contributed by atoms with E-state index in [9.17, 15) is 9.59 Å². The first-order valence-electron chi connectivity index (χ1n) is 5.63. The molecule has 1 N–H and O–H groups in total. The lowest BCUT2D eigenvalue weighted by Gasteiger charge is -2.15. The Morgan fingerprint density at radius 3 is 2.37 bits per heavy atom. The molecule has 0 aromatic carbocycles. The molecule has 1 unspecified atom stereocenters. The Morgan fingerprint density at radius 2 is 1.89 bits per heavy atom. The summed E-state index contributed by atoms with van der Waals surface area (Å²) >= 11 is 16.3. The first kappa shape index (κ1) is 18.4. The van der Waals surface area contributed by atoms with Gasteiger partial charge in [-0.2, -0.15) is 0 Å². The highest BCUT2D eigenvalue weighted by Crippen LogP contribution is 2.25. The maximum atomic E-state index is 11.6. The summed E-state index contributed by atoms with van der Waals surface area (Å²) in [5.74, 6) is -0.585. The van der Waals surface area contributed by atoms with Crippen LogP contribution < -0.4 is 5.32 Å². The minimum Gasteiger partial charge on any atom is -0.464 e. The van der Waals surface area contributed by atoms with Crippen LogP contribution in [0.4, 0.5) is 4.79 Å². The summed E-state index contributed by atoms with van der Waals surface area (Å²) < 4.78 is 7.77. The number of hydrogen-bond donors (Lipinski definition) is 1. The zero-order chi connectivity index (χ0) is 14.9. The van der Waals surface area contributed by atoms with Crippen molar-refractivity contribution in [2.24, 2.45) is 0 Å². The van der Waals surface area contributed by atoms with E-state index in [0.717, 1.165) is 0 Å². The molecule has 0 heterocycles. The van der Waals surface area contributed by atoms with Gasteiger partial charge < -0.3 is 14.8 Å². The molecule has 19 heavy (non-hydrogen) atoms. The SMILES string of the molecule is CC/C=C/C(NC(=O)OCC(Cl)(Cl)Cl)C(=O)OCC. The first-order valence-corrected chi connectivity index (χ1v) is 6.76. The fourth-order valence-electron chi connectivity index (χ4n) is 1.01. The van der Waals surface area contributed by atoms with Crippen molar-refractivity contribution in [3.05, 3.63) is 12.2 Å². The molecule has 0 fully saturated rings. The lowest BCUT2D eigenvalue weighted by molar-refractivity contribution is -0.144. The number of ether oxygens (including phenoxy) is 2. The van der Waals surface area contributed by atoms with Gasteiger partial charge in [-0.05, 0) is 13.3 Å². The first-order chi connectivity index (χ1) is 8.80. The Hall–Kier alpha value is -0.650. The third-order valence-electron chi connectivity index (χ3n) is 1.75. The van der Waals surface area contributed by atoms with Gasteiger partial charge in [0, 0.05) is 0 Å². The van der Waals surface area contributed by atoms with Gasteiger partial charge in [-0.3, -0.25) is 0 Å². The van der Waals surface area contributed by atoms with Crippen LogP contribution in [-0.2, 0) is 14.3 Å². The standard InChI is InChI=1S/C11H16Cl3NO4/c1-3-5-6-8(9(16)18-4-2)15-10(17)19-7-11(12,13)14/h5-6,8H,3-4,7H2,1-2H3,(H,15,17)/b6-5+. The number of rotatable bonds is 6. The average molecular weight is 333 g/mol. The lowest BCUT2D eigenvalue weighted by Crippen LogP contribution is -2.41. The Balaban J connectivity index is 4.42. The molecule has 0 saturated carbocycles. The number of halogens is 3. The van der Waals surface area contributed by atoms with Gasteiger partial charge in [0.15, 0.2) is 0 Å². The van der Waals surface area contributed by atoms with Gasteiger partial charge in [-0.15, -0.1) is 0 Å². The van der Waals surface area contributed by atoms with Crippen molar-refractivity contribution in [3.8, 4) is 0 Å². The Kier molecular flexibility index (Phi) is 8.97. The largest absolute Gasteiger partial charge is 0.464 e. The van der Waals surface area contributed by atoms with Crippen molar-refractivity contribution in [1.29, 1.82) is 0 Å². The second kappa shape index (κ2) is 9.28. The summed E-state index contributed by atoms with van der Waals surface area (Å²) in [6.45, 7) is 3.34. The van der Waals surface area contributed by atoms with Crippen LogP contribution in [0.2, 0.25) is 0 Å². The Labute approximate surface area is 127 Å². The van der Waals surface area contributed by atoms with E-state index in [1.807, 2.05) is 6.92 Å². The smallest absolute Gasteiger partial charge is 0.408 e. The monoisotopic (exact) mass is 331 g/mol. The minimum atomic E-state index is -1.70. The summed E-state index contributed by atoms with van der Waals surface area (Å²) in [6, 6.07) is -0.928. The molecule has 0 aromatic rings. The predicted molar refractivity (Wildman–Crippen MR) is 74.6 cm³/mol. The summed E-state index contributed by atoms with van der Waals surface area (Å²) in [5.41, 5.74) is 0. The molecule has 8 heteroatoms. The third-order valence-corrected chi connectivity index (χ3v) is 2.07. The molecular weight excluding hydrogens is 316 g/mol. The quantitative estimate of drug-likeness (QED) is 0.461. The van der Waals surface area contributed by atoms with Crippen LogP contribution in [0.1, 0.15) is 20.3 Å². The maximum absolute atomic E-state index is 11.6. The Bertz CT molecular complexity index is 328. The number of hydrogen-bond acceptors (Lipinski definition) is 4. The van der Waals surface area contributed by atoms with E-state index in [-0.39, 0.29) is 6.61 Å². The summed E-state index contributed by atoms with van der Waals surface area (Å²) in [7, 11) is 0. The second-order valence-electron chi connectivity index (χ2n) is 3.40. The topological polar surface area (TPSA) is 64.6 Å². The number of esters is 1. The molecular formula is C11H16Cl3NO4. The summed E-state index contributed by atoms with van der Waals surface area (Å²) in [6.07, 6.45) is 3.07. The highest BCUT2D eigenvalue weighted by molar-refractivity contribution is 6.67. The molecule has 0 aliphatic carbocycles. The highest BCUT2D eigenvalue weighted by atomic mass is 35.6. The number of alkyl halides is 3. The fraction of sp³-hybridized carbons (Fsp3) is 0.636. The van der Waals surface area contributed by atoms with Crippen molar-refractivity contribution in [3.63, 3.8) is 0 Å². The summed E-state index contributed by atoms with van der Waals surface area (Å²) in [5, 5.41) is 2.31. The number of amides is 1. The number of alkyl carbamates (subject to hydrolysis) is 1. The molecule has 0 saturated heterocycles. The van der Waals surface area contributed by atoms with Crippen molar-refractivity contribution in [2.45, 2.75) is 30.1 Å². The van der Waals surface area contributed by atoms with Crippen LogP contribution in [0.25, 0.3) is 0 Å². The van der Waals surface area contributed by atoms with E-state index < -0.39 is 28.5 Å². The molecule has 1 amide bonds. The Morgan fingerprint density at radius 1 is 1.26 bits per heavy atom. The summed E-state index contributed by atoms with van der Waals surface area (Å²) in [4.78, 5) is 23.0. The number of allylic oxidation sites excluding steroid dienone is 1. The molecule has 0 bridgehead atoms. The molecule has 0 aromatic heterocycles. The van der Waals surface area contributed by atoms with Gasteiger partial charge >= 0.3 is 12.1 Å².